The molecule has 3 unspecified atom stereocenters. The number of fused-ring (bicyclic) bond motifs is 2. The maximum absolute atomic E-state index is 11.8. The zero-order valence-corrected chi connectivity index (χ0v) is 9.27. The van der Waals surface area contributed by atoms with Crippen molar-refractivity contribution in [2.45, 2.75) is 24.6 Å². The highest BCUT2D eigenvalue weighted by molar-refractivity contribution is 8.00. The summed E-state index contributed by atoms with van der Waals surface area (Å²) in [5.41, 5.74) is 0. The van der Waals surface area contributed by atoms with Crippen molar-refractivity contribution >= 4 is 29.3 Å². The summed E-state index contributed by atoms with van der Waals surface area (Å²) in [6, 6.07) is 0.508. The summed E-state index contributed by atoms with van der Waals surface area (Å²) in [6.07, 6.45) is 1.20. The lowest BCUT2D eigenvalue weighted by atomic mass is 10.1. The van der Waals surface area contributed by atoms with Gasteiger partial charge in [-0.3, -0.25) is 4.79 Å². The molecule has 0 aromatic rings. The van der Waals surface area contributed by atoms with E-state index in [0.29, 0.717) is 17.2 Å². The van der Waals surface area contributed by atoms with Crippen LogP contribution >= 0.6 is 23.4 Å². The number of rotatable bonds is 2. The minimum absolute atomic E-state index is 0.00832. The van der Waals surface area contributed by atoms with Gasteiger partial charge in [0, 0.05) is 35.4 Å². The number of nitrogens with zero attached hydrogens (tertiary/aromatic N) is 1. The van der Waals surface area contributed by atoms with E-state index in [-0.39, 0.29) is 11.8 Å². The Morgan fingerprint density at radius 2 is 2.54 bits per heavy atom. The van der Waals surface area contributed by atoms with E-state index in [9.17, 15) is 4.79 Å². The predicted octanol–water partition coefficient (Wildman–Crippen LogP) is 1.58. The fraction of sp³-hybridized carbons (Fsp3) is 0.889. The third-order valence-corrected chi connectivity index (χ3v) is 4.69. The third kappa shape index (κ3) is 1.68. The molecule has 4 heteroatoms. The normalized spacial score (nSPS) is 33.8. The monoisotopic (exact) mass is 219 g/mol. The lowest BCUT2D eigenvalue weighted by molar-refractivity contribution is -0.134. The average Bonchev–Trinajstić information content (AvgIpc) is 2.76. The van der Waals surface area contributed by atoms with Crippen molar-refractivity contribution in [3.05, 3.63) is 0 Å². The van der Waals surface area contributed by atoms with Crippen LogP contribution in [-0.4, -0.2) is 40.3 Å². The molecule has 3 atom stereocenters. The molecule has 13 heavy (non-hydrogen) atoms. The molecule has 0 aromatic heterocycles. The third-order valence-electron chi connectivity index (χ3n) is 2.84. The fourth-order valence-corrected chi connectivity index (χ4v) is 3.59. The van der Waals surface area contributed by atoms with E-state index in [0.717, 1.165) is 12.3 Å². The zero-order chi connectivity index (χ0) is 9.42. The minimum atomic E-state index is -0.00832. The van der Waals surface area contributed by atoms with Crippen LogP contribution in [0.5, 0.6) is 0 Å². The summed E-state index contributed by atoms with van der Waals surface area (Å²) >= 11 is 7.68. The lowest BCUT2D eigenvalue weighted by Gasteiger charge is -2.28. The Kier molecular flexibility index (Phi) is 2.75. The number of thioether (sulfide) groups is 1. The standard InChI is InChI=1S/C9H14ClNOS/c1-6(3-10)9(12)11-4-8-2-7(11)5-13-8/h6-8H,2-5H2,1H3. The van der Waals surface area contributed by atoms with E-state index in [1.54, 1.807) is 0 Å². The summed E-state index contributed by atoms with van der Waals surface area (Å²) in [4.78, 5) is 13.8. The molecule has 2 aliphatic rings. The fourth-order valence-electron chi connectivity index (χ4n) is 2.02. The van der Waals surface area contributed by atoms with Gasteiger partial charge in [0.05, 0.1) is 0 Å². The number of halogens is 1. The Labute approximate surface area is 88.0 Å². The summed E-state index contributed by atoms with van der Waals surface area (Å²) in [5, 5.41) is 0.705. The topological polar surface area (TPSA) is 20.3 Å². The number of alkyl halides is 1. The molecule has 2 nitrogen and oxygen atoms in total. The molecule has 2 bridgehead atoms. The van der Waals surface area contributed by atoms with Gasteiger partial charge in [-0.25, -0.2) is 0 Å². The molecule has 0 N–H and O–H groups in total. The maximum Gasteiger partial charge on any atom is 0.226 e. The number of likely N-dealkylation sites (tertiary alicyclic amines) is 1. The highest BCUT2D eigenvalue weighted by atomic mass is 35.5. The van der Waals surface area contributed by atoms with Gasteiger partial charge >= 0.3 is 0 Å². The highest BCUT2D eigenvalue weighted by Gasteiger charge is 2.41. The van der Waals surface area contributed by atoms with Crippen molar-refractivity contribution in [1.82, 2.24) is 4.90 Å². The van der Waals surface area contributed by atoms with Gasteiger partial charge in [0.15, 0.2) is 0 Å². The van der Waals surface area contributed by atoms with Gasteiger partial charge in [0.1, 0.15) is 0 Å². The Bertz CT molecular complexity index is 224. The van der Waals surface area contributed by atoms with Crippen molar-refractivity contribution in [2.75, 3.05) is 18.2 Å². The van der Waals surface area contributed by atoms with E-state index in [1.807, 2.05) is 23.6 Å². The van der Waals surface area contributed by atoms with Crippen molar-refractivity contribution in [3.8, 4) is 0 Å². The van der Waals surface area contributed by atoms with Crippen LogP contribution in [-0.2, 0) is 4.79 Å². The van der Waals surface area contributed by atoms with Crippen molar-refractivity contribution in [2.24, 2.45) is 5.92 Å². The van der Waals surface area contributed by atoms with Crippen LogP contribution in [0.3, 0.4) is 0 Å². The lowest BCUT2D eigenvalue weighted by Crippen LogP contribution is -2.42. The number of carbonyl (C=O) groups is 1. The first-order valence-corrected chi connectivity index (χ1v) is 6.28. The van der Waals surface area contributed by atoms with Crippen molar-refractivity contribution in [1.29, 1.82) is 0 Å². The molecular formula is C9H14ClNOS. The van der Waals surface area contributed by atoms with Crippen LogP contribution in [0, 0.1) is 5.92 Å². The molecule has 0 aromatic carbocycles. The summed E-state index contributed by atoms with van der Waals surface area (Å²) in [7, 11) is 0. The van der Waals surface area contributed by atoms with Gasteiger partial charge in [-0.2, -0.15) is 11.8 Å². The molecule has 2 aliphatic heterocycles. The largest absolute Gasteiger partial charge is 0.337 e. The van der Waals surface area contributed by atoms with E-state index >= 15 is 0 Å². The first-order chi connectivity index (χ1) is 6.22. The molecule has 2 saturated heterocycles. The Hall–Kier alpha value is 0.110. The Balaban J connectivity index is 1.98. The van der Waals surface area contributed by atoms with E-state index in [1.165, 1.54) is 6.42 Å². The average molecular weight is 220 g/mol. The number of carbonyl (C=O) groups excluding carboxylic acids is 1. The molecule has 0 aliphatic carbocycles. The summed E-state index contributed by atoms with van der Waals surface area (Å²) < 4.78 is 0. The second kappa shape index (κ2) is 3.70. The minimum Gasteiger partial charge on any atom is -0.337 e. The van der Waals surface area contributed by atoms with Gasteiger partial charge in [0.25, 0.3) is 0 Å². The first-order valence-electron chi connectivity index (χ1n) is 4.70. The Morgan fingerprint density at radius 1 is 1.77 bits per heavy atom. The van der Waals surface area contributed by atoms with Gasteiger partial charge in [-0.1, -0.05) is 6.92 Å². The van der Waals surface area contributed by atoms with Crippen LogP contribution < -0.4 is 0 Å². The number of amides is 1. The quantitative estimate of drug-likeness (QED) is 0.658. The molecule has 74 valence electrons. The predicted molar refractivity (Wildman–Crippen MR) is 56.2 cm³/mol. The molecular weight excluding hydrogens is 206 g/mol. The first kappa shape index (κ1) is 9.66. The molecule has 2 fully saturated rings. The molecule has 2 rings (SSSR count). The number of hydrogen-bond donors (Lipinski definition) is 0. The number of hydrogen-bond acceptors (Lipinski definition) is 2. The van der Waals surface area contributed by atoms with Crippen LogP contribution in [0.2, 0.25) is 0 Å². The highest BCUT2D eigenvalue weighted by Crippen LogP contribution is 2.37. The van der Waals surface area contributed by atoms with E-state index in [2.05, 4.69) is 0 Å². The van der Waals surface area contributed by atoms with Crippen LogP contribution in [0.15, 0.2) is 0 Å². The van der Waals surface area contributed by atoms with Crippen molar-refractivity contribution in [3.63, 3.8) is 0 Å². The molecule has 0 radical (unpaired) electrons. The molecule has 0 spiro atoms. The van der Waals surface area contributed by atoms with Gasteiger partial charge in [-0.15, -0.1) is 11.6 Å². The van der Waals surface area contributed by atoms with Crippen LogP contribution in [0.4, 0.5) is 0 Å². The van der Waals surface area contributed by atoms with Gasteiger partial charge < -0.3 is 4.90 Å². The van der Waals surface area contributed by atoms with Gasteiger partial charge in [0.2, 0.25) is 5.91 Å². The summed E-state index contributed by atoms with van der Waals surface area (Å²) in [5.74, 6) is 1.82. The SMILES string of the molecule is CC(CCl)C(=O)N1CC2CC1CS2. The van der Waals surface area contributed by atoms with E-state index < -0.39 is 0 Å². The smallest absolute Gasteiger partial charge is 0.226 e. The molecule has 1 amide bonds. The van der Waals surface area contributed by atoms with Crippen molar-refractivity contribution < 1.29 is 4.79 Å². The zero-order valence-electron chi connectivity index (χ0n) is 7.70. The second-order valence-corrected chi connectivity index (χ2v) is 5.53. The summed E-state index contributed by atoms with van der Waals surface area (Å²) in [6.45, 7) is 2.86. The maximum atomic E-state index is 11.8. The van der Waals surface area contributed by atoms with E-state index in [4.69, 9.17) is 11.6 Å². The second-order valence-electron chi connectivity index (χ2n) is 3.89. The van der Waals surface area contributed by atoms with Crippen LogP contribution in [0.25, 0.3) is 0 Å². The van der Waals surface area contributed by atoms with Gasteiger partial charge in [-0.05, 0) is 6.42 Å². The van der Waals surface area contributed by atoms with Crippen LogP contribution in [0.1, 0.15) is 13.3 Å². The Morgan fingerprint density at radius 3 is 3.00 bits per heavy atom. The molecule has 2 heterocycles. The molecule has 0 saturated carbocycles.